The van der Waals surface area contributed by atoms with Crippen LogP contribution in [0.25, 0.3) is 0 Å². The predicted molar refractivity (Wildman–Crippen MR) is 68.3 cm³/mol. The van der Waals surface area contributed by atoms with Crippen LogP contribution in [0.15, 0.2) is 24.3 Å². The molecule has 0 unspecified atom stereocenters. The number of carbonyl (C=O) groups excluding carboxylic acids is 1. The van der Waals surface area contributed by atoms with Crippen LogP contribution in [0.3, 0.4) is 0 Å². The fraction of sp³-hybridized carbons (Fsp3) is 0.500. The summed E-state index contributed by atoms with van der Waals surface area (Å²) in [5, 5.41) is 0. The summed E-state index contributed by atoms with van der Waals surface area (Å²) in [6.45, 7) is 3.73. The molecule has 0 radical (unpaired) electrons. The molecule has 1 aromatic carbocycles. The Bertz CT molecular complexity index is 412. The first-order chi connectivity index (χ1) is 8.15. The summed E-state index contributed by atoms with van der Waals surface area (Å²) < 4.78 is 5.33. The van der Waals surface area contributed by atoms with E-state index in [-0.39, 0.29) is 11.9 Å². The van der Waals surface area contributed by atoms with Crippen molar-refractivity contribution in [2.75, 3.05) is 12.0 Å². The molecule has 1 atom stereocenters. The highest BCUT2D eigenvalue weighted by molar-refractivity contribution is 5.93. The summed E-state index contributed by atoms with van der Waals surface area (Å²) in [6, 6.07) is 7.95. The highest BCUT2D eigenvalue weighted by Gasteiger charge is 2.34. The number of ether oxygens (including phenoxy) is 1. The molecule has 1 aromatic rings. The molecule has 2 rings (SSSR count). The summed E-state index contributed by atoms with van der Waals surface area (Å²) in [6.07, 6.45) is 2.44. The molecule has 0 spiro atoms. The zero-order chi connectivity index (χ0) is 12.4. The lowest BCUT2D eigenvalue weighted by Crippen LogP contribution is -2.38. The maximum Gasteiger partial charge on any atom is 0.224 e. The van der Waals surface area contributed by atoms with Gasteiger partial charge in [0, 0.05) is 13.0 Å². The van der Waals surface area contributed by atoms with Crippen molar-refractivity contribution in [3.8, 4) is 5.75 Å². The lowest BCUT2D eigenvalue weighted by Gasteiger charge is -2.29. The molecule has 0 aliphatic heterocycles. The molecule has 17 heavy (non-hydrogen) atoms. The Morgan fingerprint density at radius 2 is 2.06 bits per heavy atom. The van der Waals surface area contributed by atoms with Gasteiger partial charge < -0.3 is 9.64 Å². The molecular weight excluding hydrogens is 214 g/mol. The molecule has 1 saturated carbocycles. The van der Waals surface area contributed by atoms with Crippen molar-refractivity contribution in [3.63, 3.8) is 0 Å². The Kier molecular flexibility index (Phi) is 3.36. The average molecular weight is 233 g/mol. The van der Waals surface area contributed by atoms with Crippen molar-refractivity contribution < 1.29 is 9.53 Å². The van der Waals surface area contributed by atoms with Gasteiger partial charge in [-0.1, -0.05) is 12.1 Å². The standard InChI is InChI=1S/C14H19NO2/c1-10(12-8-9-12)15(11(2)16)13-6-4-5-7-14(13)17-3/h4-7,10,12H,8-9H2,1-3H3/t10-/m0/s1. The van der Waals surface area contributed by atoms with Gasteiger partial charge in [-0.25, -0.2) is 0 Å². The maximum atomic E-state index is 11.9. The Morgan fingerprint density at radius 3 is 2.59 bits per heavy atom. The van der Waals surface area contributed by atoms with E-state index in [2.05, 4.69) is 6.92 Å². The number of amides is 1. The van der Waals surface area contributed by atoms with E-state index in [1.807, 2.05) is 29.2 Å². The van der Waals surface area contributed by atoms with Crippen LogP contribution < -0.4 is 9.64 Å². The SMILES string of the molecule is COc1ccccc1N(C(C)=O)[C@@H](C)C1CC1. The second kappa shape index (κ2) is 4.78. The summed E-state index contributed by atoms with van der Waals surface area (Å²) in [5.74, 6) is 1.48. The van der Waals surface area contributed by atoms with Crippen molar-refractivity contribution in [2.45, 2.75) is 32.7 Å². The molecule has 0 heterocycles. The van der Waals surface area contributed by atoms with E-state index in [0.717, 1.165) is 11.4 Å². The molecule has 0 N–H and O–H groups in total. The highest BCUT2D eigenvalue weighted by atomic mass is 16.5. The number of hydrogen-bond acceptors (Lipinski definition) is 2. The number of benzene rings is 1. The van der Waals surface area contributed by atoms with E-state index in [9.17, 15) is 4.79 Å². The maximum absolute atomic E-state index is 11.9. The second-order valence-corrected chi connectivity index (χ2v) is 4.64. The van der Waals surface area contributed by atoms with Gasteiger partial charge in [0.05, 0.1) is 12.8 Å². The number of carbonyl (C=O) groups is 1. The molecule has 0 bridgehead atoms. The van der Waals surface area contributed by atoms with Crippen molar-refractivity contribution in [1.82, 2.24) is 0 Å². The van der Waals surface area contributed by atoms with Gasteiger partial charge in [0.2, 0.25) is 5.91 Å². The smallest absolute Gasteiger partial charge is 0.224 e. The molecule has 3 heteroatoms. The summed E-state index contributed by atoms with van der Waals surface area (Å²) in [5.41, 5.74) is 0.877. The number of rotatable bonds is 4. The fourth-order valence-corrected chi connectivity index (χ4v) is 2.29. The Balaban J connectivity index is 2.34. The van der Waals surface area contributed by atoms with E-state index in [0.29, 0.717) is 5.92 Å². The zero-order valence-electron chi connectivity index (χ0n) is 10.6. The van der Waals surface area contributed by atoms with E-state index in [1.54, 1.807) is 14.0 Å². The van der Waals surface area contributed by atoms with Crippen LogP contribution >= 0.6 is 0 Å². The van der Waals surface area contributed by atoms with Crippen LogP contribution in [0, 0.1) is 5.92 Å². The number of anilines is 1. The van der Waals surface area contributed by atoms with Gasteiger partial charge in [-0.15, -0.1) is 0 Å². The molecule has 0 saturated heterocycles. The molecule has 1 fully saturated rings. The van der Waals surface area contributed by atoms with Crippen molar-refractivity contribution in [2.24, 2.45) is 5.92 Å². The minimum atomic E-state index is 0.0777. The first kappa shape index (κ1) is 12.0. The summed E-state index contributed by atoms with van der Waals surface area (Å²) >= 11 is 0. The van der Waals surface area contributed by atoms with Crippen molar-refractivity contribution >= 4 is 11.6 Å². The van der Waals surface area contributed by atoms with E-state index >= 15 is 0 Å². The average Bonchev–Trinajstić information content (AvgIpc) is 3.13. The summed E-state index contributed by atoms with van der Waals surface area (Å²) in [7, 11) is 1.64. The zero-order valence-corrected chi connectivity index (χ0v) is 10.6. The van der Waals surface area contributed by atoms with Crippen LogP contribution in [0.1, 0.15) is 26.7 Å². The van der Waals surface area contributed by atoms with Gasteiger partial charge in [-0.2, -0.15) is 0 Å². The van der Waals surface area contributed by atoms with Crippen molar-refractivity contribution in [3.05, 3.63) is 24.3 Å². The van der Waals surface area contributed by atoms with E-state index in [1.165, 1.54) is 12.8 Å². The van der Waals surface area contributed by atoms with Gasteiger partial charge in [0.25, 0.3) is 0 Å². The van der Waals surface area contributed by atoms with Crippen LogP contribution in [-0.2, 0) is 4.79 Å². The molecular formula is C14H19NO2. The quantitative estimate of drug-likeness (QED) is 0.800. The van der Waals surface area contributed by atoms with Gasteiger partial charge in [-0.05, 0) is 37.8 Å². The lowest BCUT2D eigenvalue weighted by molar-refractivity contribution is -0.117. The molecule has 3 nitrogen and oxygen atoms in total. The Hall–Kier alpha value is -1.51. The monoisotopic (exact) mass is 233 g/mol. The second-order valence-electron chi connectivity index (χ2n) is 4.64. The van der Waals surface area contributed by atoms with Gasteiger partial charge in [0.15, 0.2) is 0 Å². The normalized spacial score (nSPS) is 16.4. The molecule has 1 aliphatic carbocycles. The van der Waals surface area contributed by atoms with Gasteiger partial charge in [-0.3, -0.25) is 4.79 Å². The van der Waals surface area contributed by atoms with E-state index in [4.69, 9.17) is 4.74 Å². The largest absolute Gasteiger partial charge is 0.495 e. The van der Waals surface area contributed by atoms with Crippen LogP contribution in [-0.4, -0.2) is 19.1 Å². The minimum Gasteiger partial charge on any atom is -0.495 e. The molecule has 1 amide bonds. The van der Waals surface area contributed by atoms with Gasteiger partial charge >= 0.3 is 0 Å². The minimum absolute atomic E-state index is 0.0777. The highest BCUT2D eigenvalue weighted by Crippen LogP contribution is 2.39. The predicted octanol–water partition coefficient (Wildman–Crippen LogP) is 2.85. The first-order valence-corrected chi connectivity index (χ1v) is 6.08. The third kappa shape index (κ3) is 2.43. The molecule has 0 aromatic heterocycles. The van der Waals surface area contributed by atoms with Crippen LogP contribution in [0.2, 0.25) is 0 Å². The van der Waals surface area contributed by atoms with Crippen LogP contribution in [0.5, 0.6) is 5.75 Å². The Labute approximate surface area is 102 Å². The molecule has 92 valence electrons. The molecule has 1 aliphatic rings. The van der Waals surface area contributed by atoms with Gasteiger partial charge in [0.1, 0.15) is 5.75 Å². The first-order valence-electron chi connectivity index (χ1n) is 6.08. The third-order valence-corrected chi connectivity index (χ3v) is 3.40. The number of nitrogens with zero attached hydrogens (tertiary/aromatic N) is 1. The summed E-state index contributed by atoms with van der Waals surface area (Å²) in [4.78, 5) is 13.7. The van der Waals surface area contributed by atoms with E-state index < -0.39 is 0 Å². The Morgan fingerprint density at radius 1 is 1.41 bits per heavy atom. The van der Waals surface area contributed by atoms with Crippen molar-refractivity contribution in [1.29, 1.82) is 0 Å². The van der Waals surface area contributed by atoms with Crippen LogP contribution in [0.4, 0.5) is 5.69 Å². The fourth-order valence-electron chi connectivity index (χ4n) is 2.29. The number of para-hydroxylation sites is 2. The number of hydrogen-bond donors (Lipinski definition) is 0. The third-order valence-electron chi connectivity index (χ3n) is 3.40. The lowest BCUT2D eigenvalue weighted by atomic mass is 10.1. The topological polar surface area (TPSA) is 29.5 Å². The number of methoxy groups -OCH3 is 1.